The molecular formula is C18H20N4O2. The van der Waals surface area contributed by atoms with E-state index in [-0.39, 0.29) is 11.1 Å². The van der Waals surface area contributed by atoms with Crippen molar-refractivity contribution < 1.29 is 4.42 Å². The molecule has 3 heterocycles. The minimum Gasteiger partial charge on any atom is -0.449 e. The van der Waals surface area contributed by atoms with Gasteiger partial charge in [0.25, 0.3) is 5.56 Å². The standard InChI is InChI=1S/C18H20N4O2/c23-17-16-15(12-4-1-2-5-13(12)24-16)20-14(21-17)10-22-9-8-19-11-18(22)6-3-7-18/h1-2,4-5,19H,3,6-11H2,(H,20,21,23). The molecule has 1 aliphatic carbocycles. The first-order valence-corrected chi connectivity index (χ1v) is 8.61. The summed E-state index contributed by atoms with van der Waals surface area (Å²) < 4.78 is 5.67. The summed E-state index contributed by atoms with van der Waals surface area (Å²) >= 11 is 0. The molecule has 6 heteroatoms. The zero-order valence-corrected chi connectivity index (χ0v) is 13.5. The van der Waals surface area contributed by atoms with Crippen LogP contribution in [-0.4, -0.2) is 40.0 Å². The molecule has 2 aromatic heterocycles. The molecule has 1 saturated carbocycles. The molecule has 0 radical (unpaired) electrons. The van der Waals surface area contributed by atoms with E-state index in [9.17, 15) is 4.79 Å². The lowest BCUT2D eigenvalue weighted by Crippen LogP contribution is -2.64. The normalized spacial score (nSPS) is 20.7. The summed E-state index contributed by atoms with van der Waals surface area (Å²) in [5.41, 5.74) is 1.76. The Morgan fingerprint density at radius 2 is 2.17 bits per heavy atom. The van der Waals surface area contributed by atoms with E-state index < -0.39 is 0 Å². The van der Waals surface area contributed by atoms with Gasteiger partial charge in [0, 0.05) is 30.6 Å². The van der Waals surface area contributed by atoms with Crippen molar-refractivity contribution in [2.75, 3.05) is 19.6 Å². The minimum atomic E-state index is -0.191. The second-order valence-corrected chi connectivity index (χ2v) is 6.96. The lowest BCUT2D eigenvalue weighted by atomic mass is 9.74. The van der Waals surface area contributed by atoms with Crippen LogP contribution in [0.4, 0.5) is 0 Å². The molecule has 1 aromatic carbocycles. The summed E-state index contributed by atoms with van der Waals surface area (Å²) in [6, 6.07) is 7.67. The van der Waals surface area contributed by atoms with Gasteiger partial charge >= 0.3 is 0 Å². The van der Waals surface area contributed by atoms with Crippen molar-refractivity contribution >= 4 is 22.1 Å². The highest BCUT2D eigenvalue weighted by Gasteiger charge is 2.43. The maximum absolute atomic E-state index is 12.4. The van der Waals surface area contributed by atoms with Crippen molar-refractivity contribution in [1.29, 1.82) is 0 Å². The summed E-state index contributed by atoms with van der Waals surface area (Å²) in [6.45, 7) is 3.71. The number of benzene rings is 1. The summed E-state index contributed by atoms with van der Waals surface area (Å²) in [6.07, 6.45) is 3.73. The highest BCUT2D eigenvalue weighted by atomic mass is 16.3. The number of aromatic amines is 1. The quantitative estimate of drug-likeness (QED) is 0.754. The van der Waals surface area contributed by atoms with Crippen LogP contribution in [0, 0.1) is 0 Å². The predicted octanol–water partition coefficient (Wildman–Crippen LogP) is 2.00. The van der Waals surface area contributed by atoms with Crippen LogP contribution in [0.15, 0.2) is 33.5 Å². The van der Waals surface area contributed by atoms with Gasteiger partial charge in [0.2, 0.25) is 5.58 Å². The monoisotopic (exact) mass is 324 g/mol. The van der Waals surface area contributed by atoms with Crippen molar-refractivity contribution in [1.82, 2.24) is 20.2 Å². The highest BCUT2D eigenvalue weighted by Crippen LogP contribution is 2.39. The van der Waals surface area contributed by atoms with Gasteiger partial charge in [-0.2, -0.15) is 0 Å². The average molecular weight is 324 g/mol. The second kappa shape index (κ2) is 5.16. The third kappa shape index (κ3) is 2.03. The summed E-state index contributed by atoms with van der Waals surface area (Å²) in [7, 11) is 0. The van der Waals surface area contributed by atoms with E-state index in [0.29, 0.717) is 23.2 Å². The number of fused-ring (bicyclic) bond motifs is 3. The Balaban J connectivity index is 1.57. The van der Waals surface area contributed by atoms with Crippen molar-refractivity contribution in [2.24, 2.45) is 0 Å². The number of nitrogens with zero attached hydrogens (tertiary/aromatic N) is 2. The second-order valence-electron chi connectivity index (χ2n) is 6.96. The van der Waals surface area contributed by atoms with Gasteiger partial charge < -0.3 is 14.7 Å². The number of nitrogens with one attached hydrogen (secondary N) is 2. The number of hydrogen-bond donors (Lipinski definition) is 2. The molecule has 1 spiro atoms. The Morgan fingerprint density at radius 3 is 3.00 bits per heavy atom. The van der Waals surface area contributed by atoms with Crippen LogP contribution in [0.2, 0.25) is 0 Å². The number of furan rings is 1. The fourth-order valence-electron chi connectivity index (χ4n) is 4.11. The first-order valence-electron chi connectivity index (χ1n) is 8.61. The van der Waals surface area contributed by atoms with E-state index in [1.165, 1.54) is 19.3 Å². The van der Waals surface area contributed by atoms with Gasteiger partial charge in [-0.05, 0) is 31.4 Å². The molecule has 6 nitrogen and oxygen atoms in total. The average Bonchev–Trinajstić information content (AvgIpc) is 2.93. The molecule has 5 rings (SSSR count). The van der Waals surface area contributed by atoms with Crippen molar-refractivity contribution in [3.63, 3.8) is 0 Å². The molecule has 2 aliphatic rings. The van der Waals surface area contributed by atoms with Crippen LogP contribution >= 0.6 is 0 Å². The number of rotatable bonds is 2. The molecule has 124 valence electrons. The van der Waals surface area contributed by atoms with Crippen LogP contribution in [0.25, 0.3) is 22.1 Å². The Labute approximate surface area is 138 Å². The molecule has 1 aliphatic heterocycles. The Morgan fingerprint density at radius 1 is 1.29 bits per heavy atom. The van der Waals surface area contributed by atoms with Gasteiger partial charge in [-0.25, -0.2) is 4.98 Å². The molecule has 0 atom stereocenters. The number of piperazine rings is 1. The number of para-hydroxylation sites is 1. The fraction of sp³-hybridized carbons (Fsp3) is 0.444. The van der Waals surface area contributed by atoms with Crippen LogP contribution in [0.3, 0.4) is 0 Å². The smallest absolute Gasteiger partial charge is 0.294 e. The van der Waals surface area contributed by atoms with Crippen molar-refractivity contribution in [3.8, 4) is 0 Å². The topological polar surface area (TPSA) is 74.2 Å². The molecule has 3 aromatic rings. The first kappa shape index (κ1) is 14.2. The van der Waals surface area contributed by atoms with Crippen LogP contribution in [0.5, 0.6) is 0 Å². The lowest BCUT2D eigenvalue weighted by Gasteiger charge is -2.53. The molecule has 0 amide bonds. The predicted molar refractivity (Wildman–Crippen MR) is 92.0 cm³/mol. The maximum Gasteiger partial charge on any atom is 0.294 e. The molecule has 0 unspecified atom stereocenters. The maximum atomic E-state index is 12.4. The van der Waals surface area contributed by atoms with Crippen LogP contribution < -0.4 is 10.9 Å². The van der Waals surface area contributed by atoms with E-state index >= 15 is 0 Å². The molecule has 1 saturated heterocycles. The van der Waals surface area contributed by atoms with Crippen LogP contribution in [-0.2, 0) is 6.54 Å². The van der Waals surface area contributed by atoms with Gasteiger partial charge in [-0.1, -0.05) is 12.1 Å². The van der Waals surface area contributed by atoms with Gasteiger partial charge in [0.05, 0.1) is 6.54 Å². The number of H-pyrrole nitrogens is 1. The third-order valence-electron chi connectivity index (χ3n) is 5.59. The molecule has 24 heavy (non-hydrogen) atoms. The fourth-order valence-corrected chi connectivity index (χ4v) is 4.11. The Kier molecular flexibility index (Phi) is 3.05. The van der Waals surface area contributed by atoms with Gasteiger partial charge in [-0.3, -0.25) is 9.69 Å². The van der Waals surface area contributed by atoms with Crippen molar-refractivity contribution in [3.05, 3.63) is 40.4 Å². The molecule has 0 bridgehead atoms. The number of aromatic nitrogens is 2. The highest BCUT2D eigenvalue weighted by molar-refractivity contribution is 6.01. The van der Waals surface area contributed by atoms with E-state index in [1.807, 2.05) is 24.3 Å². The number of hydrogen-bond acceptors (Lipinski definition) is 5. The van der Waals surface area contributed by atoms with E-state index in [2.05, 4.69) is 15.2 Å². The molecule has 2 fully saturated rings. The Bertz CT molecular complexity index is 970. The largest absolute Gasteiger partial charge is 0.449 e. The van der Waals surface area contributed by atoms with Crippen molar-refractivity contribution in [2.45, 2.75) is 31.3 Å². The summed E-state index contributed by atoms with van der Waals surface area (Å²) in [5, 5.41) is 4.41. The zero-order chi connectivity index (χ0) is 16.1. The summed E-state index contributed by atoms with van der Waals surface area (Å²) in [5.74, 6) is 0.729. The SMILES string of the molecule is O=c1[nH]c(CN2CCNCC23CCC3)nc2c1oc1ccccc12. The minimum absolute atomic E-state index is 0.191. The molecular weight excluding hydrogens is 304 g/mol. The Hall–Kier alpha value is -2.18. The van der Waals surface area contributed by atoms with Gasteiger partial charge in [-0.15, -0.1) is 0 Å². The van der Waals surface area contributed by atoms with E-state index in [1.54, 1.807) is 0 Å². The molecule has 2 N–H and O–H groups in total. The van der Waals surface area contributed by atoms with E-state index in [4.69, 9.17) is 9.40 Å². The van der Waals surface area contributed by atoms with Gasteiger partial charge in [0.15, 0.2) is 0 Å². The van der Waals surface area contributed by atoms with E-state index in [0.717, 1.165) is 30.8 Å². The lowest BCUT2D eigenvalue weighted by molar-refractivity contribution is -0.0120. The van der Waals surface area contributed by atoms with Gasteiger partial charge in [0.1, 0.15) is 16.9 Å². The first-order chi connectivity index (χ1) is 11.8. The zero-order valence-electron chi connectivity index (χ0n) is 13.5. The third-order valence-corrected chi connectivity index (χ3v) is 5.59. The summed E-state index contributed by atoms with van der Waals surface area (Å²) in [4.78, 5) is 22.6. The van der Waals surface area contributed by atoms with Crippen LogP contribution in [0.1, 0.15) is 25.1 Å².